The molecule has 0 aliphatic heterocycles. The van der Waals surface area contributed by atoms with Gasteiger partial charge in [0.15, 0.2) is 5.16 Å². The minimum atomic E-state index is -0.140. The van der Waals surface area contributed by atoms with Gasteiger partial charge in [-0.2, -0.15) is 0 Å². The van der Waals surface area contributed by atoms with Crippen LogP contribution in [0.25, 0.3) is 22.2 Å². The highest BCUT2D eigenvalue weighted by molar-refractivity contribution is 7.99. The van der Waals surface area contributed by atoms with Crippen molar-refractivity contribution in [3.05, 3.63) is 77.0 Å². The zero-order valence-corrected chi connectivity index (χ0v) is 14.9. The first-order chi connectivity index (χ1) is 12.6. The monoisotopic (exact) mass is 363 g/mol. The summed E-state index contributed by atoms with van der Waals surface area (Å²) in [4.78, 5) is 24.3. The number of nitrogens with zero attached hydrogens (tertiary/aromatic N) is 3. The van der Waals surface area contributed by atoms with Crippen molar-refractivity contribution in [3.8, 4) is 11.3 Å². The number of hydrogen-bond acceptors (Lipinski definition) is 5. The second-order valence-corrected chi connectivity index (χ2v) is 7.22. The van der Waals surface area contributed by atoms with E-state index in [-0.39, 0.29) is 10.8 Å². The first kappa shape index (κ1) is 16.4. The van der Waals surface area contributed by atoms with Crippen molar-refractivity contribution in [2.75, 3.05) is 5.84 Å². The summed E-state index contributed by atoms with van der Waals surface area (Å²) in [7, 11) is 0. The molecule has 0 bridgehead atoms. The SMILES string of the molecule is C[C@@H](Sc1nc(-c2ccccc2)cn1N)c1nc2ccccc2c(=O)[nH]1. The van der Waals surface area contributed by atoms with Gasteiger partial charge in [0.2, 0.25) is 0 Å². The average Bonchev–Trinajstić information content (AvgIpc) is 3.03. The maximum atomic E-state index is 12.3. The van der Waals surface area contributed by atoms with E-state index in [1.807, 2.05) is 55.5 Å². The first-order valence-corrected chi connectivity index (χ1v) is 9.05. The van der Waals surface area contributed by atoms with E-state index in [1.165, 1.54) is 16.4 Å². The van der Waals surface area contributed by atoms with Crippen LogP contribution in [0.15, 0.2) is 70.7 Å². The number of nitrogens with one attached hydrogen (secondary N) is 1. The molecular weight excluding hydrogens is 346 g/mol. The summed E-state index contributed by atoms with van der Waals surface area (Å²) in [5.41, 5.74) is 2.35. The molecule has 0 unspecified atom stereocenters. The maximum Gasteiger partial charge on any atom is 0.258 e. The third-order valence-electron chi connectivity index (χ3n) is 4.07. The standard InChI is InChI=1S/C19H17N5OS/c1-12(17-21-15-10-6-5-9-14(15)18(25)23-17)26-19-22-16(11-24(19)20)13-7-3-2-4-8-13/h2-12H,20H2,1H3,(H,21,23,25)/t12-/m1/s1. The van der Waals surface area contributed by atoms with Gasteiger partial charge < -0.3 is 10.8 Å². The molecule has 26 heavy (non-hydrogen) atoms. The van der Waals surface area contributed by atoms with Crippen LogP contribution >= 0.6 is 11.8 Å². The molecule has 2 heterocycles. The predicted octanol–water partition coefficient (Wildman–Crippen LogP) is 3.35. The van der Waals surface area contributed by atoms with E-state index in [0.717, 1.165) is 11.3 Å². The smallest absolute Gasteiger partial charge is 0.258 e. The van der Waals surface area contributed by atoms with Gasteiger partial charge in [-0.25, -0.2) is 14.6 Å². The number of aromatic amines is 1. The summed E-state index contributed by atoms with van der Waals surface area (Å²) in [6.45, 7) is 1.97. The number of rotatable bonds is 4. The van der Waals surface area contributed by atoms with Gasteiger partial charge in [-0.3, -0.25) is 4.79 Å². The fourth-order valence-electron chi connectivity index (χ4n) is 2.72. The molecule has 4 rings (SSSR count). The molecule has 1 atom stereocenters. The number of nitrogen functional groups attached to an aromatic ring is 1. The van der Waals surface area contributed by atoms with E-state index in [0.29, 0.717) is 21.9 Å². The second kappa shape index (κ2) is 6.68. The fourth-order valence-corrected chi connectivity index (χ4v) is 3.59. The number of aromatic nitrogens is 4. The van der Waals surface area contributed by atoms with Crippen molar-refractivity contribution >= 4 is 22.7 Å². The number of nitrogens with two attached hydrogens (primary N) is 1. The summed E-state index contributed by atoms with van der Waals surface area (Å²) in [6, 6.07) is 17.2. The van der Waals surface area contributed by atoms with Gasteiger partial charge in [-0.05, 0) is 19.1 Å². The lowest BCUT2D eigenvalue weighted by Crippen LogP contribution is -2.13. The Kier molecular flexibility index (Phi) is 4.22. The fraction of sp³-hybridized carbons (Fsp3) is 0.105. The Morgan fingerprint density at radius 2 is 1.81 bits per heavy atom. The van der Waals surface area contributed by atoms with E-state index in [1.54, 1.807) is 12.3 Å². The highest BCUT2D eigenvalue weighted by Crippen LogP contribution is 2.33. The number of imidazole rings is 1. The van der Waals surface area contributed by atoms with Gasteiger partial charge in [-0.15, -0.1) is 0 Å². The minimum Gasteiger partial charge on any atom is -0.337 e. The molecule has 0 spiro atoms. The normalized spacial score (nSPS) is 12.3. The Morgan fingerprint density at radius 1 is 1.08 bits per heavy atom. The lowest BCUT2D eigenvalue weighted by Gasteiger charge is -2.10. The van der Waals surface area contributed by atoms with Crippen LogP contribution in [-0.4, -0.2) is 19.6 Å². The zero-order chi connectivity index (χ0) is 18.1. The van der Waals surface area contributed by atoms with Crippen molar-refractivity contribution in [1.82, 2.24) is 19.6 Å². The van der Waals surface area contributed by atoms with Crippen LogP contribution < -0.4 is 11.4 Å². The summed E-state index contributed by atoms with van der Waals surface area (Å²) in [5.74, 6) is 6.67. The molecule has 0 saturated carbocycles. The quantitative estimate of drug-likeness (QED) is 0.429. The Bertz CT molecular complexity index is 1120. The Balaban J connectivity index is 1.64. The molecule has 130 valence electrons. The van der Waals surface area contributed by atoms with Gasteiger partial charge in [0.05, 0.1) is 28.0 Å². The molecule has 3 N–H and O–H groups in total. The third-order valence-corrected chi connectivity index (χ3v) is 5.16. The molecule has 0 aliphatic rings. The maximum absolute atomic E-state index is 12.3. The highest BCUT2D eigenvalue weighted by atomic mass is 32.2. The molecule has 0 radical (unpaired) electrons. The summed E-state index contributed by atoms with van der Waals surface area (Å²) in [6.07, 6.45) is 1.79. The van der Waals surface area contributed by atoms with Gasteiger partial charge in [-0.1, -0.05) is 54.2 Å². The summed E-state index contributed by atoms with van der Waals surface area (Å²) >= 11 is 1.45. The van der Waals surface area contributed by atoms with Crippen LogP contribution in [0.3, 0.4) is 0 Å². The van der Waals surface area contributed by atoms with E-state index in [4.69, 9.17) is 5.84 Å². The van der Waals surface area contributed by atoms with E-state index < -0.39 is 0 Å². The van der Waals surface area contributed by atoms with E-state index >= 15 is 0 Å². The minimum absolute atomic E-state index is 0.111. The van der Waals surface area contributed by atoms with Crippen molar-refractivity contribution < 1.29 is 0 Å². The van der Waals surface area contributed by atoms with Crippen LogP contribution in [0.1, 0.15) is 18.0 Å². The van der Waals surface area contributed by atoms with Crippen molar-refractivity contribution in [2.45, 2.75) is 17.3 Å². The number of para-hydroxylation sites is 1. The lowest BCUT2D eigenvalue weighted by molar-refractivity contribution is 0.837. The van der Waals surface area contributed by atoms with Gasteiger partial charge in [0.1, 0.15) is 5.82 Å². The average molecular weight is 363 g/mol. The van der Waals surface area contributed by atoms with Gasteiger partial charge in [0.25, 0.3) is 5.56 Å². The summed E-state index contributed by atoms with van der Waals surface area (Å²) < 4.78 is 1.50. The molecule has 0 amide bonds. The molecule has 4 aromatic rings. The number of H-pyrrole nitrogens is 1. The zero-order valence-electron chi connectivity index (χ0n) is 14.1. The molecule has 0 saturated heterocycles. The Morgan fingerprint density at radius 3 is 2.62 bits per heavy atom. The van der Waals surface area contributed by atoms with Crippen molar-refractivity contribution in [3.63, 3.8) is 0 Å². The Hall–Kier alpha value is -3.06. The predicted molar refractivity (Wildman–Crippen MR) is 104 cm³/mol. The van der Waals surface area contributed by atoms with Crippen LogP contribution in [0.2, 0.25) is 0 Å². The topological polar surface area (TPSA) is 89.6 Å². The highest BCUT2D eigenvalue weighted by Gasteiger charge is 2.16. The van der Waals surface area contributed by atoms with E-state index in [9.17, 15) is 4.79 Å². The van der Waals surface area contributed by atoms with Gasteiger partial charge >= 0.3 is 0 Å². The molecule has 0 fully saturated rings. The number of benzene rings is 2. The second-order valence-electron chi connectivity index (χ2n) is 5.91. The molecule has 2 aromatic carbocycles. The summed E-state index contributed by atoms with van der Waals surface area (Å²) in [5, 5.41) is 1.13. The van der Waals surface area contributed by atoms with Crippen LogP contribution in [0, 0.1) is 0 Å². The molecule has 0 aliphatic carbocycles. The van der Waals surface area contributed by atoms with Gasteiger partial charge in [0, 0.05) is 5.56 Å². The number of thioether (sulfide) groups is 1. The number of hydrogen-bond donors (Lipinski definition) is 2. The lowest BCUT2D eigenvalue weighted by atomic mass is 10.2. The molecule has 7 heteroatoms. The largest absolute Gasteiger partial charge is 0.337 e. The first-order valence-electron chi connectivity index (χ1n) is 8.17. The van der Waals surface area contributed by atoms with Crippen LogP contribution in [-0.2, 0) is 0 Å². The van der Waals surface area contributed by atoms with Crippen LogP contribution in [0.5, 0.6) is 0 Å². The Labute approximate surface area is 154 Å². The molecule has 2 aromatic heterocycles. The molecule has 6 nitrogen and oxygen atoms in total. The van der Waals surface area contributed by atoms with Crippen molar-refractivity contribution in [1.29, 1.82) is 0 Å². The number of fused-ring (bicyclic) bond motifs is 1. The van der Waals surface area contributed by atoms with Crippen LogP contribution in [0.4, 0.5) is 0 Å². The van der Waals surface area contributed by atoms with Crippen molar-refractivity contribution in [2.24, 2.45) is 0 Å². The third kappa shape index (κ3) is 3.09. The molecular formula is C19H17N5OS. The van der Waals surface area contributed by atoms with E-state index in [2.05, 4.69) is 15.0 Å².